The van der Waals surface area contributed by atoms with Crippen molar-refractivity contribution in [2.75, 3.05) is 6.54 Å². The maximum absolute atomic E-state index is 11.3. The van der Waals surface area contributed by atoms with Gasteiger partial charge in [0, 0.05) is 5.92 Å². The second-order valence-electron chi connectivity index (χ2n) is 3.32. The molecule has 1 atom stereocenters. The first kappa shape index (κ1) is 12.0. The second kappa shape index (κ2) is 7.67. The molecule has 2 nitrogen and oxygen atoms in total. The van der Waals surface area contributed by atoms with Gasteiger partial charge in [0.15, 0.2) is 0 Å². The van der Waals surface area contributed by atoms with Gasteiger partial charge in [0.1, 0.15) is 0 Å². The molecule has 0 aromatic rings. The Balaban J connectivity index is 3.52. The van der Waals surface area contributed by atoms with Gasteiger partial charge in [0.2, 0.25) is 5.91 Å². The minimum absolute atomic E-state index is 0.0778. The zero-order chi connectivity index (χ0) is 10.1. The molecule has 0 aliphatic heterocycles. The van der Waals surface area contributed by atoms with E-state index in [-0.39, 0.29) is 11.8 Å². The van der Waals surface area contributed by atoms with Crippen LogP contribution in [-0.4, -0.2) is 12.5 Å². The molecule has 0 rings (SSSR count). The summed E-state index contributed by atoms with van der Waals surface area (Å²) in [7, 11) is 0. The van der Waals surface area contributed by atoms with E-state index in [2.05, 4.69) is 18.2 Å². The highest BCUT2D eigenvalue weighted by molar-refractivity contribution is 5.78. The van der Waals surface area contributed by atoms with Crippen molar-refractivity contribution < 1.29 is 4.79 Å². The molecule has 0 aliphatic carbocycles. The first-order chi connectivity index (χ1) is 6.22. The molecule has 0 radical (unpaired) electrons. The lowest BCUT2D eigenvalue weighted by atomic mass is 10.0. The van der Waals surface area contributed by atoms with Crippen LogP contribution in [0.2, 0.25) is 0 Å². The number of carbonyl (C=O) groups excluding carboxylic acids is 1. The van der Waals surface area contributed by atoms with Gasteiger partial charge in [-0.2, -0.15) is 0 Å². The van der Waals surface area contributed by atoms with Crippen LogP contribution in [0.15, 0.2) is 0 Å². The summed E-state index contributed by atoms with van der Waals surface area (Å²) >= 11 is 0. The minimum atomic E-state index is 0.0778. The van der Waals surface area contributed by atoms with E-state index in [9.17, 15) is 4.79 Å². The van der Waals surface area contributed by atoms with Crippen LogP contribution in [0.4, 0.5) is 0 Å². The number of nitrogens with one attached hydrogen (secondary N) is 1. The van der Waals surface area contributed by atoms with Gasteiger partial charge in [0.25, 0.3) is 0 Å². The molecule has 1 N–H and O–H groups in total. The Morgan fingerprint density at radius 3 is 2.77 bits per heavy atom. The normalized spacial score (nSPS) is 11.8. The van der Waals surface area contributed by atoms with E-state index in [1.165, 1.54) is 12.8 Å². The number of carbonyl (C=O) groups is 1. The third kappa shape index (κ3) is 6.21. The van der Waals surface area contributed by atoms with Gasteiger partial charge >= 0.3 is 0 Å². The van der Waals surface area contributed by atoms with Crippen LogP contribution in [-0.2, 0) is 4.79 Å². The van der Waals surface area contributed by atoms with E-state index in [4.69, 9.17) is 6.42 Å². The highest BCUT2D eigenvalue weighted by Gasteiger charge is 2.10. The van der Waals surface area contributed by atoms with Crippen molar-refractivity contribution in [1.29, 1.82) is 0 Å². The third-order valence-corrected chi connectivity index (χ3v) is 2.05. The molecule has 0 aromatic heterocycles. The van der Waals surface area contributed by atoms with Crippen LogP contribution in [0, 0.1) is 18.3 Å². The second-order valence-corrected chi connectivity index (χ2v) is 3.32. The monoisotopic (exact) mass is 181 g/mol. The van der Waals surface area contributed by atoms with Gasteiger partial charge in [0.05, 0.1) is 6.54 Å². The molecule has 0 aliphatic rings. The van der Waals surface area contributed by atoms with Crippen molar-refractivity contribution in [3.05, 3.63) is 0 Å². The lowest BCUT2D eigenvalue weighted by Crippen LogP contribution is -2.29. The first-order valence-electron chi connectivity index (χ1n) is 4.93. The summed E-state index contributed by atoms with van der Waals surface area (Å²) in [5.41, 5.74) is 0. The Bertz CT molecular complexity index is 181. The molecule has 0 spiro atoms. The van der Waals surface area contributed by atoms with E-state index in [1.807, 2.05) is 6.92 Å². The Morgan fingerprint density at radius 2 is 2.23 bits per heavy atom. The summed E-state index contributed by atoms with van der Waals surface area (Å²) in [6.45, 7) is 4.45. The van der Waals surface area contributed by atoms with Crippen molar-refractivity contribution in [3.63, 3.8) is 0 Å². The Kier molecular flexibility index (Phi) is 7.10. The summed E-state index contributed by atoms with van der Waals surface area (Å²) in [4.78, 5) is 11.3. The fraction of sp³-hybridized carbons (Fsp3) is 0.727. The molecule has 0 saturated carbocycles. The molecule has 1 amide bonds. The van der Waals surface area contributed by atoms with Crippen LogP contribution in [0.3, 0.4) is 0 Å². The number of hydrogen-bond donors (Lipinski definition) is 1. The van der Waals surface area contributed by atoms with E-state index in [1.54, 1.807) is 0 Å². The van der Waals surface area contributed by atoms with Gasteiger partial charge < -0.3 is 5.32 Å². The zero-order valence-corrected chi connectivity index (χ0v) is 8.60. The zero-order valence-electron chi connectivity index (χ0n) is 8.60. The Labute approximate surface area is 81.1 Å². The van der Waals surface area contributed by atoms with Crippen molar-refractivity contribution in [2.45, 2.75) is 39.5 Å². The molecular weight excluding hydrogens is 162 g/mol. The van der Waals surface area contributed by atoms with Gasteiger partial charge in [-0.25, -0.2) is 0 Å². The van der Waals surface area contributed by atoms with Gasteiger partial charge in [-0.05, 0) is 6.42 Å². The van der Waals surface area contributed by atoms with Crippen molar-refractivity contribution in [3.8, 4) is 12.3 Å². The number of terminal acetylenes is 1. The van der Waals surface area contributed by atoms with Crippen LogP contribution < -0.4 is 5.32 Å². The number of amides is 1. The molecule has 13 heavy (non-hydrogen) atoms. The largest absolute Gasteiger partial charge is 0.345 e. The molecule has 1 unspecified atom stereocenters. The van der Waals surface area contributed by atoms with E-state index in [0.717, 1.165) is 12.8 Å². The number of unbranched alkanes of at least 4 members (excludes halogenated alkanes) is 2. The first-order valence-corrected chi connectivity index (χ1v) is 4.93. The van der Waals surface area contributed by atoms with Crippen LogP contribution in [0.25, 0.3) is 0 Å². The summed E-state index contributed by atoms with van der Waals surface area (Å²) in [5, 5.41) is 2.68. The standard InChI is InChI=1S/C11H19NO/c1-4-6-7-8-10(3)11(13)12-9-5-2/h2,10H,4,6-9H2,1,3H3,(H,12,13). The molecule has 0 aromatic carbocycles. The van der Waals surface area contributed by atoms with Gasteiger partial charge in [-0.3, -0.25) is 4.79 Å². The predicted molar refractivity (Wildman–Crippen MR) is 55.1 cm³/mol. The van der Waals surface area contributed by atoms with Crippen LogP contribution in [0.1, 0.15) is 39.5 Å². The molecule has 0 saturated heterocycles. The smallest absolute Gasteiger partial charge is 0.223 e. The summed E-state index contributed by atoms with van der Waals surface area (Å²) in [5.74, 6) is 2.56. The molecule has 0 heterocycles. The molecule has 0 fully saturated rings. The predicted octanol–water partition coefficient (Wildman–Crippen LogP) is 1.95. The van der Waals surface area contributed by atoms with Crippen molar-refractivity contribution >= 4 is 5.91 Å². The van der Waals surface area contributed by atoms with Crippen LogP contribution in [0.5, 0.6) is 0 Å². The van der Waals surface area contributed by atoms with Crippen molar-refractivity contribution in [1.82, 2.24) is 5.32 Å². The fourth-order valence-electron chi connectivity index (χ4n) is 1.14. The minimum Gasteiger partial charge on any atom is -0.345 e. The maximum atomic E-state index is 11.3. The number of hydrogen-bond acceptors (Lipinski definition) is 1. The average molecular weight is 181 g/mol. The highest BCUT2D eigenvalue weighted by Crippen LogP contribution is 2.08. The highest BCUT2D eigenvalue weighted by atomic mass is 16.1. The van der Waals surface area contributed by atoms with Crippen molar-refractivity contribution in [2.24, 2.45) is 5.92 Å². The maximum Gasteiger partial charge on any atom is 0.223 e. The quantitative estimate of drug-likeness (QED) is 0.492. The lowest BCUT2D eigenvalue weighted by molar-refractivity contribution is -0.124. The molecular formula is C11H19NO. The molecule has 74 valence electrons. The molecule has 0 bridgehead atoms. The number of rotatable bonds is 6. The van der Waals surface area contributed by atoms with E-state index < -0.39 is 0 Å². The third-order valence-electron chi connectivity index (χ3n) is 2.05. The van der Waals surface area contributed by atoms with Gasteiger partial charge in [-0.15, -0.1) is 6.42 Å². The fourth-order valence-corrected chi connectivity index (χ4v) is 1.14. The summed E-state index contributed by atoms with van der Waals surface area (Å²) in [6.07, 6.45) is 9.52. The molecule has 2 heteroatoms. The van der Waals surface area contributed by atoms with E-state index in [0.29, 0.717) is 6.54 Å². The average Bonchev–Trinajstić information content (AvgIpc) is 2.14. The summed E-state index contributed by atoms with van der Waals surface area (Å²) < 4.78 is 0. The lowest BCUT2D eigenvalue weighted by Gasteiger charge is -2.09. The Hall–Kier alpha value is -0.970. The van der Waals surface area contributed by atoms with E-state index >= 15 is 0 Å². The summed E-state index contributed by atoms with van der Waals surface area (Å²) in [6, 6.07) is 0. The SMILES string of the molecule is C#CCNC(=O)C(C)CCCCC. The Morgan fingerprint density at radius 1 is 1.54 bits per heavy atom. The topological polar surface area (TPSA) is 29.1 Å². The van der Waals surface area contributed by atoms with Crippen LogP contribution >= 0.6 is 0 Å². The van der Waals surface area contributed by atoms with Gasteiger partial charge in [-0.1, -0.05) is 39.0 Å².